The number of aromatic nitrogens is 1. The largest absolute Gasteiger partial charge is 0.496 e. The minimum atomic E-state index is 0.840. The molecular weight excluding hydrogens is 242 g/mol. The van der Waals surface area contributed by atoms with Gasteiger partial charge in [-0.2, -0.15) is 11.8 Å². The minimum Gasteiger partial charge on any atom is -0.496 e. The Morgan fingerprint density at radius 1 is 1.28 bits per heavy atom. The molecule has 1 aromatic heterocycles. The number of nitrogens with zero attached hydrogens (tertiary/aromatic N) is 1. The van der Waals surface area contributed by atoms with Crippen LogP contribution in [0.4, 0.5) is 0 Å². The monoisotopic (exact) mass is 265 g/mol. The van der Waals surface area contributed by atoms with Crippen LogP contribution >= 0.6 is 11.8 Å². The molecule has 0 atom stereocenters. The van der Waals surface area contributed by atoms with Crippen LogP contribution < -0.4 is 4.74 Å². The van der Waals surface area contributed by atoms with Crippen LogP contribution in [0.15, 0.2) is 6.20 Å². The molecule has 1 aliphatic carbocycles. The molecule has 0 N–H and O–H groups in total. The van der Waals surface area contributed by atoms with E-state index < -0.39 is 0 Å². The zero-order valence-electron chi connectivity index (χ0n) is 11.7. The number of ether oxygens (including phenoxy) is 1. The molecule has 0 aliphatic heterocycles. The molecule has 0 amide bonds. The van der Waals surface area contributed by atoms with Gasteiger partial charge >= 0.3 is 0 Å². The summed E-state index contributed by atoms with van der Waals surface area (Å²) in [6.45, 7) is 4.17. The molecule has 0 radical (unpaired) electrons. The van der Waals surface area contributed by atoms with E-state index >= 15 is 0 Å². The zero-order chi connectivity index (χ0) is 13.0. The van der Waals surface area contributed by atoms with E-state index in [0.29, 0.717) is 0 Å². The Morgan fingerprint density at radius 2 is 2.00 bits per heavy atom. The summed E-state index contributed by atoms with van der Waals surface area (Å²) in [5.74, 6) is 2.02. The lowest BCUT2D eigenvalue weighted by atomic mass is 10.0. The predicted octanol–water partition coefficient (Wildman–Crippen LogP) is 4.27. The van der Waals surface area contributed by atoms with Crippen molar-refractivity contribution in [3.05, 3.63) is 23.0 Å². The quantitative estimate of drug-likeness (QED) is 0.811. The maximum absolute atomic E-state index is 5.46. The third-order valence-corrected chi connectivity index (χ3v) is 5.14. The molecule has 1 heterocycles. The molecule has 1 saturated carbocycles. The number of rotatable bonds is 4. The molecule has 2 rings (SSSR count). The summed E-state index contributed by atoms with van der Waals surface area (Å²) in [5, 5.41) is 0.840. The van der Waals surface area contributed by atoms with Gasteiger partial charge in [-0.3, -0.25) is 4.98 Å². The van der Waals surface area contributed by atoms with Crippen LogP contribution in [0.25, 0.3) is 0 Å². The summed E-state index contributed by atoms with van der Waals surface area (Å²) in [4.78, 5) is 4.57. The second kappa shape index (κ2) is 6.46. The second-order valence-electron chi connectivity index (χ2n) is 5.12. The number of thioether (sulfide) groups is 1. The van der Waals surface area contributed by atoms with Crippen molar-refractivity contribution in [1.29, 1.82) is 0 Å². The molecule has 1 aliphatic rings. The first-order chi connectivity index (χ1) is 8.72. The van der Waals surface area contributed by atoms with Crippen molar-refractivity contribution >= 4 is 11.8 Å². The molecule has 18 heavy (non-hydrogen) atoms. The van der Waals surface area contributed by atoms with E-state index in [1.54, 1.807) is 7.11 Å². The summed E-state index contributed by atoms with van der Waals surface area (Å²) in [6.07, 6.45) is 8.93. The van der Waals surface area contributed by atoms with Gasteiger partial charge in [0.05, 0.1) is 12.8 Å². The maximum atomic E-state index is 5.46. The van der Waals surface area contributed by atoms with Gasteiger partial charge in [-0.05, 0) is 26.7 Å². The molecule has 0 bridgehead atoms. The van der Waals surface area contributed by atoms with Crippen LogP contribution in [0.5, 0.6) is 5.75 Å². The van der Waals surface area contributed by atoms with Gasteiger partial charge < -0.3 is 4.74 Å². The normalized spacial score (nSPS) is 16.8. The molecule has 1 aromatic rings. The van der Waals surface area contributed by atoms with Crippen molar-refractivity contribution in [2.75, 3.05) is 7.11 Å². The average Bonchev–Trinajstić information content (AvgIpc) is 2.40. The van der Waals surface area contributed by atoms with Gasteiger partial charge in [0, 0.05) is 28.3 Å². The molecule has 2 nitrogen and oxygen atoms in total. The number of pyridine rings is 1. The van der Waals surface area contributed by atoms with E-state index in [2.05, 4.69) is 30.6 Å². The summed E-state index contributed by atoms with van der Waals surface area (Å²) in [7, 11) is 1.74. The van der Waals surface area contributed by atoms with Gasteiger partial charge in [-0.1, -0.05) is 19.3 Å². The first kappa shape index (κ1) is 13.7. The van der Waals surface area contributed by atoms with Crippen LogP contribution in [-0.2, 0) is 5.75 Å². The van der Waals surface area contributed by atoms with Crippen LogP contribution in [0, 0.1) is 13.8 Å². The lowest BCUT2D eigenvalue weighted by Gasteiger charge is -2.21. The van der Waals surface area contributed by atoms with Crippen LogP contribution in [-0.4, -0.2) is 17.3 Å². The summed E-state index contributed by atoms with van der Waals surface area (Å²) >= 11 is 2.07. The number of methoxy groups -OCH3 is 1. The summed E-state index contributed by atoms with van der Waals surface area (Å²) in [5.41, 5.74) is 3.52. The Hall–Kier alpha value is -0.700. The Morgan fingerprint density at radius 3 is 2.67 bits per heavy atom. The van der Waals surface area contributed by atoms with Crippen molar-refractivity contribution in [2.45, 2.75) is 57.0 Å². The van der Waals surface area contributed by atoms with E-state index in [1.165, 1.54) is 43.4 Å². The molecule has 1 fully saturated rings. The topological polar surface area (TPSA) is 22.1 Å². The molecule has 3 heteroatoms. The highest BCUT2D eigenvalue weighted by atomic mass is 32.2. The van der Waals surface area contributed by atoms with E-state index in [-0.39, 0.29) is 0 Å². The van der Waals surface area contributed by atoms with Gasteiger partial charge in [0.1, 0.15) is 5.75 Å². The lowest BCUT2D eigenvalue weighted by molar-refractivity contribution is 0.407. The smallest absolute Gasteiger partial charge is 0.128 e. The first-order valence-electron chi connectivity index (χ1n) is 6.83. The van der Waals surface area contributed by atoms with E-state index in [9.17, 15) is 0 Å². The highest BCUT2D eigenvalue weighted by molar-refractivity contribution is 7.99. The Kier molecular flexibility index (Phi) is 4.93. The van der Waals surface area contributed by atoms with Gasteiger partial charge in [0.15, 0.2) is 0 Å². The third-order valence-electron chi connectivity index (χ3n) is 3.76. The minimum absolute atomic E-state index is 0.840. The summed E-state index contributed by atoms with van der Waals surface area (Å²) < 4.78 is 5.46. The SMILES string of the molecule is COc1c(C)cnc(CSC2CCCCC2)c1C. The zero-order valence-corrected chi connectivity index (χ0v) is 12.5. The fraction of sp³-hybridized carbons (Fsp3) is 0.667. The Labute approximate surface area is 115 Å². The van der Waals surface area contributed by atoms with Crippen molar-refractivity contribution in [2.24, 2.45) is 0 Å². The van der Waals surface area contributed by atoms with Crippen LogP contribution in [0.2, 0.25) is 0 Å². The van der Waals surface area contributed by atoms with E-state index in [0.717, 1.165) is 22.3 Å². The molecule has 0 unspecified atom stereocenters. The van der Waals surface area contributed by atoms with Crippen molar-refractivity contribution < 1.29 is 4.74 Å². The van der Waals surface area contributed by atoms with E-state index in [1.807, 2.05) is 6.20 Å². The molecule has 0 aromatic carbocycles. The van der Waals surface area contributed by atoms with Crippen LogP contribution in [0.3, 0.4) is 0 Å². The number of hydrogen-bond donors (Lipinski definition) is 0. The van der Waals surface area contributed by atoms with Gasteiger partial charge in [0.2, 0.25) is 0 Å². The summed E-state index contributed by atoms with van der Waals surface area (Å²) in [6, 6.07) is 0. The van der Waals surface area contributed by atoms with Crippen molar-refractivity contribution in [1.82, 2.24) is 4.98 Å². The highest BCUT2D eigenvalue weighted by Gasteiger charge is 2.15. The molecule has 0 spiro atoms. The number of hydrogen-bond acceptors (Lipinski definition) is 3. The van der Waals surface area contributed by atoms with Crippen molar-refractivity contribution in [3.8, 4) is 5.75 Å². The average molecular weight is 265 g/mol. The standard InChI is InChI=1S/C15H23NOS/c1-11-9-16-14(12(2)15(11)17-3)10-18-13-7-5-4-6-8-13/h9,13H,4-8,10H2,1-3H3. The Bertz CT molecular complexity index is 400. The molecule has 0 saturated heterocycles. The molecule has 100 valence electrons. The maximum Gasteiger partial charge on any atom is 0.128 e. The van der Waals surface area contributed by atoms with Crippen molar-refractivity contribution in [3.63, 3.8) is 0 Å². The number of aryl methyl sites for hydroxylation is 1. The van der Waals surface area contributed by atoms with Gasteiger partial charge in [-0.25, -0.2) is 0 Å². The fourth-order valence-corrected chi connectivity index (χ4v) is 4.00. The molecular formula is C15H23NOS. The highest BCUT2D eigenvalue weighted by Crippen LogP contribution is 2.32. The third kappa shape index (κ3) is 3.19. The van der Waals surface area contributed by atoms with Crippen LogP contribution in [0.1, 0.15) is 48.9 Å². The van der Waals surface area contributed by atoms with Gasteiger partial charge in [0.25, 0.3) is 0 Å². The fourth-order valence-electron chi connectivity index (χ4n) is 2.65. The predicted molar refractivity (Wildman–Crippen MR) is 78.4 cm³/mol. The Balaban J connectivity index is 2.00. The first-order valence-corrected chi connectivity index (χ1v) is 7.88. The lowest BCUT2D eigenvalue weighted by Crippen LogP contribution is -2.09. The van der Waals surface area contributed by atoms with E-state index in [4.69, 9.17) is 4.74 Å². The second-order valence-corrected chi connectivity index (χ2v) is 6.41. The van der Waals surface area contributed by atoms with Gasteiger partial charge in [-0.15, -0.1) is 0 Å².